The molecule has 6 nitrogen and oxygen atoms in total. The van der Waals surface area contributed by atoms with Gasteiger partial charge in [-0.15, -0.1) is 0 Å². The molecule has 0 aliphatic rings. The fourth-order valence-corrected chi connectivity index (χ4v) is 8.60. The van der Waals surface area contributed by atoms with Gasteiger partial charge in [0.2, 0.25) is 0 Å². The fourth-order valence-electron chi connectivity index (χ4n) is 8.60. The maximum absolute atomic E-state index is 6.72. The molecular formula is C51H31N5O. The van der Waals surface area contributed by atoms with Gasteiger partial charge in [0.25, 0.3) is 0 Å². The first-order chi connectivity index (χ1) is 28.3. The lowest BCUT2D eigenvalue weighted by Crippen LogP contribution is -2.01. The summed E-state index contributed by atoms with van der Waals surface area (Å²) >= 11 is 0. The molecular weight excluding hydrogens is 699 g/mol. The van der Waals surface area contributed by atoms with Crippen LogP contribution in [0.3, 0.4) is 0 Å². The van der Waals surface area contributed by atoms with E-state index in [9.17, 15) is 0 Å². The van der Waals surface area contributed by atoms with E-state index in [-0.39, 0.29) is 0 Å². The fraction of sp³-hybridized carbons (Fsp3) is 0. The van der Waals surface area contributed by atoms with Crippen molar-refractivity contribution >= 4 is 65.6 Å². The molecule has 8 aromatic carbocycles. The second-order valence-corrected chi connectivity index (χ2v) is 14.4. The quantitative estimate of drug-likeness (QED) is 0.177. The average molecular weight is 730 g/mol. The molecule has 4 aromatic heterocycles. The van der Waals surface area contributed by atoms with Crippen molar-refractivity contribution in [3.05, 3.63) is 188 Å². The summed E-state index contributed by atoms with van der Waals surface area (Å²) in [5.41, 5.74) is 11.1. The van der Waals surface area contributed by atoms with E-state index < -0.39 is 0 Å². The van der Waals surface area contributed by atoms with Crippen molar-refractivity contribution in [2.24, 2.45) is 0 Å². The number of nitrogens with zero attached hydrogens (tertiary/aromatic N) is 5. The Hall–Kier alpha value is -7.83. The molecule has 0 spiro atoms. The first-order valence-corrected chi connectivity index (χ1v) is 19.1. The predicted molar refractivity (Wildman–Crippen MR) is 232 cm³/mol. The molecule has 0 radical (unpaired) electrons. The van der Waals surface area contributed by atoms with Gasteiger partial charge in [0.1, 0.15) is 11.2 Å². The second-order valence-electron chi connectivity index (χ2n) is 14.4. The molecule has 0 N–H and O–H groups in total. The van der Waals surface area contributed by atoms with Crippen molar-refractivity contribution in [3.63, 3.8) is 0 Å². The van der Waals surface area contributed by atoms with Gasteiger partial charge in [0.05, 0.1) is 27.5 Å². The SMILES string of the molecule is c1ccc(-c2nc(-c3ccccc3)nc(-c3cccc(-n4c5ccccc5c5cc6c(cc54)c4c5oc7ccccc7c5ccc4n6-c4ccccc4)c3)n2)cc1. The van der Waals surface area contributed by atoms with Crippen LogP contribution in [0.25, 0.3) is 111 Å². The van der Waals surface area contributed by atoms with Crippen molar-refractivity contribution in [2.75, 3.05) is 0 Å². The minimum Gasteiger partial charge on any atom is -0.455 e. The van der Waals surface area contributed by atoms with Gasteiger partial charge >= 0.3 is 0 Å². The van der Waals surface area contributed by atoms with Gasteiger partial charge in [-0.05, 0) is 60.7 Å². The highest BCUT2D eigenvalue weighted by molar-refractivity contribution is 6.26. The van der Waals surface area contributed by atoms with Crippen LogP contribution in [0.1, 0.15) is 0 Å². The Kier molecular flexibility index (Phi) is 6.83. The van der Waals surface area contributed by atoms with Gasteiger partial charge < -0.3 is 13.6 Å². The Balaban J connectivity index is 1.13. The molecule has 0 saturated heterocycles. The van der Waals surface area contributed by atoms with Crippen LogP contribution >= 0.6 is 0 Å². The highest BCUT2D eigenvalue weighted by Gasteiger charge is 2.22. The Labute approximate surface area is 326 Å². The summed E-state index contributed by atoms with van der Waals surface area (Å²) in [5.74, 6) is 1.89. The van der Waals surface area contributed by atoms with Crippen molar-refractivity contribution in [1.82, 2.24) is 24.1 Å². The Bertz CT molecular complexity index is 3450. The molecule has 0 saturated carbocycles. The van der Waals surface area contributed by atoms with Crippen LogP contribution in [0.4, 0.5) is 0 Å². The van der Waals surface area contributed by atoms with Crippen LogP contribution in [0.15, 0.2) is 192 Å². The third-order valence-electron chi connectivity index (χ3n) is 11.1. The molecule has 0 fully saturated rings. The van der Waals surface area contributed by atoms with Crippen LogP contribution in [0, 0.1) is 0 Å². The minimum absolute atomic E-state index is 0.617. The summed E-state index contributed by atoms with van der Waals surface area (Å²) in [5, 5.41) is 6.80. The van der Waals surface area contributed by atoms with Crippen LogP contribution in [0.5, 0.6) is 0 Å². The number of para-hydroxylation sites is 3. The van der Waals surface area contributed by atoms with E-state index in [0.717, 1.165) is 82.8 Å². The number of fused-ring (bicyclic) bond motifs is 10. The lowest BCUT2D eigenvalue weighted by Gasteiger charge is -2.12. The summed E-state index contributed by atoms with van der Waals surface area (Å²) < 4.78 is 11.5. The van der Waals surface area contributed by atoms with E-state index in [4.69, 9.17) is 19.4 Å². The number of furan rings is 1. The van der Waals surface area contributed by atoms with E-state index in [1.54, 1.807) is 0 Å². The zero-order valence-electron chi connectivity index (χ0n) is 30.5. The van der Waals surface area contributed by atoms with E-state index in [1.165, 1.54) is 10.8 Å². The van der Waals surface area contributed by atoms with Gasteiger partial charge in [-0.2, -0.15) is 0 Å². The van der Waals surface area contributed by atoms with Gasteiger partial charge in [0.15, 0.2) is 17.5 Å². The second kappa shape index (κ2) is 12.3. The molecule has 266 valence electrons. The lowest BCUT2D eigenvalue weighted by atomic mass is 10.1. The van der Waals surface area contributed by atoms with Crippen molar-refractivity contribution in [3.8, 4) is 45.5 Å². The van der Waals surface area contributed by atoms with Crippen LogP contribution in [-0.2, 0) is 0 Å². The van der Waals surface area contributed by atoms with Crippen LogP contribution < -0.4 is 0 Å². The van der Waals surface area contributed by atoms with Gasteiger partial charge in [-0.25, -0.2) is 15.0 Å². The Morgan fingerprint density at radius 3 is 1.61 bits per heavy atom. The van der Waals surface area contributed by atoms with E-state index in [2.05, 4.69) is 130 Å². The highest BCUT2D eigenvalue weighted by atomic mass is 16.3. The zero-order valence-corrected chi connectivity index (χ0v) is 30.5. The third-order valence-corrected chi connectivity index (χ3v) is 11.1. The minimum atomic E-state index is 0.617. The van der Waals surface area contributed by atoms with E-state index in [0.29, 0.717) is 17.5 Å². The molecule has 57 heavy (non-hydrogen) atoms. The normalized spacial score (nSPS) is 11.9. The Morgan fingerprint density at radius 1 is 0.333 bits per heavy atom. The molecule has 12 rings (SSSR count). The summed E-state index contributed by atoms with van der Waals surface area (Å²) in [4.78, 5) is 15.0. The van der Waals surface area contributed by atoms with E-state index in [1.807, 2.05) is 66.7 Å². The van der Waals surface area contributed by atoms with Gasteiger partial charge in [-0.3, -0.25) is 0 Å². The largest absolute Gasteiger partial charge is 0.455 e. The maximum atomic E-state index is 6.72. The topological polar surface area (TPSA) is 61.7 Å². The molecule has 0 bridgehead atoms. The first kappa shape index (κ1) is 31.5. The number of hydrogen-bond acceptors (Lipinski definition) is 4. The zero-order chi connectivity index (χ0) is 37.5. The van der Waals surface area contributed by atoms with Gasteiger partial charge in [-0.1, -0.05) is 127 Å². The monoisotopic (exact) mass is 729 g/mol. The lowest BCUT2D eigenvalue weighted by molar-refractivity contribution is 0.673. The number of benzene rings is 8. The number of hydrogen-bond donors (Lipinski definition) is 0. The standard InChI is InChI=1S/C51H31N5O/c1-4-15-32(16-5-1)49-52-50(33-17-6-2-7-18-33)54-51(53-49)34-19-14-22-36(29-34)56-42-25-12-10-23-37(42)40-30-45-41(31-44(40)56)47-43(55(45)35-20-8-3-9-21-35)28-27-39-38-24-11-13-26-46(38)57-48(39)47/h1-31H. The maximum Gasteiger partial charge on any atom is 0.164 e. The summed E-state index contributed by atoms with van der Waals surface area (Å²) in [7, 11) is 0. The highest BCUT2D eigenvalue weighted by Crippen LogP contribution is 2.44. The van der Waals surface area contributed by atoms with Crippen molar-refractivity contribution < 1.29 is 4.42 Å². The predicted octanol–water partition coefficient (Wildman–Crippen LogP) is 13.0. The van der Waals surface area contributed by atoms with Crippen molar-refractivity contribution in [2.45, 2.75) is 0 Å². The van der Waals surface area contributed by atoms with Crippen molar-refractivity contribution in [1.29, 1.82) is 0 Å². The molecule has 6 heteroatoms. The molecule has 0 amide bonds. The summed E-state index contributed by atoms with van der Waals surface area (Å²) in [6.07, 6.45) is 0. The molecule has 0 unspecified atom stereocenters. The number of rotatable bonds is 5. The molecule has 0 atom stereocenters. The third kappa shape index (κ3) is 4.87. The molecule has 0 aliphatic heterocycles. The molecule has 4 heterocycles. The molecule has 12 aromatic rings. The number of aromatic nitrogens is 5. The average Bonchev–Trinajstić information content (AvgIpc) is 3.93. The summed E-state index contributed by atoms with van der Waals surface area (Å²) in [6, 6.07) is 65.5. The van der Waals surface area contributed by atoms with Gasteiger partial charge in [0, 0.05) is 55.0 Å². The van der Waals surface area contributed by atoms with Crippen LogP contribution in [0.2, 0.25) is 0 Å². The van der Waals surface area contributed by atoms with Crippen LogP contribution in [-0.4, -0.2) is 24.1 Å². The Morgan fingerprint density at radius 2 is 0.877 bits per heavy atom. The first-order valence-electron chi connectivity index (χ1n) is 19.1. The van der Waals surface area contributed by atoms with E-state index >= 15 is 0 Å². The molecule has 0 aliphatic carbocycles. The smallest absolute Gasteiger partial charge is 0.164 e. The summed E-state index contributed by atoms with van der Waals surface area (Å²) in [6.45, 7) is 0.